The standard InChI is InChI=1S/C5H11INO4P/c6-7-3-1-2-5(7)4-11-12(8,9)10/h5H,1-4H2,(H2,8,9,10)/t5-/m1/s1. The molecule has 12 heavy (non-hydrogen) atoms. The minimum Gasteiger partial charge on any atom is -0.303 e. The third kappa shape index (κ3) is 3.68. The lowest BCUT2D eigenvalue weighted by molar-refractivity contribution is 0.170. The minimum absolute atomic E-state index is 0.118. The van der Waals surface area contributed by atoms with Crippen LogP contribution in [-0.2, 0) is 9.09 Å². The maximum absolute atomic E-state index is 10.3. The number of hydrogen-bond acceptors (Lipinski definition) is 3. The Labute approximate surface area is 84.8 Å². The van der Waals surface area contributed by atoms with Gasteiger partial charge in [-0.2, -0.15) is 0 Å². The Balaban J connectivity index is 2.27. The van der Waals surface area contributed by atoms with Crippen LogP contribution in [0, 0.1) is 0 Å². The van der Waals surface area contributed by atoms with Gasteiger partial charge in [0.25, 0.3) is 0 Å². The highest BCUT2D eigenvalue weighted by molar-refractivity contribution is 14.1. The highest BCUT2D eigenvalue weighted by atomic mass is 127. The summed E-state index contributed by atoms with van der Waals surface area (Å²) in [4.78, 5) is 16.9. The van der Waals surface area contributed by atoms with Crippen molar-refractivity contribution in [3.8, 4) is 0 Å². The van der Waals surface area contributed by atoms with E-state index in [0.717, 1.165) is 19.4 Å². The monoisotopic (exact) mass is 307 g/mol. The Morgan fingerprint density at radius 3 is 2.75 bits per heavy atom. The van der Waals surface area contributed by atoms with Gasteiger partial charge < -0.3 is 9.79 Å². The SMILES string of the molecule is O=P(O)(O)OC[C@H]1CCCN1I. The number of hydrogen-bond donors (Lipinski definition) is 2. The van der Waals surface area contributed by atoms with Crippen LogP contribution in [-0.4, -0.2) is 32.1 Å². The van der Waals surface area contributed by atoms with Crippen molar-refractivity contribution in [2.24, 2.45) is 0 Å². The summed E-state index contributed by atoms with van der Waals surface area (Å²) in [5.74, 6) is 0. The molecule has 1 heterocycles. The zero-order valence-electron chi connectivity index (χ0n) is 6.39. The second-order valence-corrected chi connectivity index (χ2v) is 5.18. The van der Waals surface area contributed by atoms with Gasteiger partial charge in [-0.3, -0.25) is 4.52 Å². The third-order valence-electron chi connectivity index (χ3n) is 1.74. The molecule has 0 unspecified atom stereocenters. The van der Waals surface area contributed by atoms with E-state index in [4.69, 9.17) is 9.79 Å². The molecule has 1 atom stereocenters. The Kier molecular flexibility index (Phi) is 3.94. The van der Waals surface area contributed by atoms with E-state index in [1.807, 2.05) is 3.11 Å². The molecule has 0 radical (unpaired) electrons. The van der Waals surface area contributed by atoms with Crippen molar-refractivity contribution in [1.82, 2.24) is 3.11 Å². The van der Waals surface area contributed by atoms with Gasteiger partial charge in [-0.25, -0.2) is 7.68 Å². The van der Waals surface area contributed by atoms with E-state index in [9.17, 15) is 4.57 Å². The van der Waals surface area contributed by atoms with E-state index in [-0.39, 0.29) is 12.6 Å². The van der Waals surface area contributed by atoms with Crippen molar-refractivity contribution >= 4 is 30.7 Å². The Morgan fingerprint density at radius 1 is 1.67 bits per heavy atom. The fourth-order valence-corrected chi connectivity index (χ4v) is 2.29. The van der Waals surface area contributed by atoms with E-state index in [1.54, 1.807) is 0 Å². The van der Waals surface area contributed by atoms with Crippen molar-refractivity contribution in [3.63, 3.8) is 0 Å². The van der Waals surface area contributed by atoms with Crippen LogP contribution >= 0.6 is 30.7 Å². The molecule has 1 fully saturated rings. The molecule has 1 aliphatic heterocycles. The largest absolute Gasteiger partial charge is 0.469 e. The van der Waals surface area contributed by atoms with Gasteiger partial charge >= 0.3 is 7.82 Å². The molecular formula is C5H11INO4P. The van der Waals surface area contributed by atoms with Crippen molar-refractivity contribution in [3.05, 3.63) is 0 Å². The van der Waals surface area contributed by atoms with Gasteiger partial charge in [0.05, 0.1) is 6.61 Å². The van der Waals surface area contributed by atoms with Gasteiger partial charge in [0, 0.05) is 35.5 Å². The topological polar surface area (TPSA) is 70.0 Å². The number of phosphoric acid groups is 1. The molecule has 0 saturated carbocycles. The summed E-state index contributed by atoms with van der Waals surface area (Å²) in [6, 6.07) is 0.151. The fraction of sp³-hybridized carbons (Fsp3) is 1.00. The van der Waals surface area contributed by atoms with Gasteiger partial charge in [-0.1, -0.05) is 0 Å². The summed E-state index contributed by atoms with van der Waals surface area (Å²) in [5, 5.41) is 0. The fourth-order valence-electron chi connectivity index (χ4n) is 1.15. The van der Waals surface area contributed by atoms with Crippen molar-refractivity contribution < 1.29 is 18.9 Å². The zero-order chi connectivity index (χ0) is 9.19. The molecule has 0 spiro atoms. The van der Waals surface area contributed by atoms with E-state index in [0.29, 0.717) is 0 Å². The van der Waals surface area contributed by atoms with Crippen LogP contribution in [0.25, 0.3) is 0 Å². The highest BCUT2D eigenvalue weighted by Gasteiger charge is 2.25. The third-order valence-corrected chi connectivity index (χ3v) is 3.50. The first kappa shape index (κ1) is 10.9. The predicted molar refractivity (Wildman–Crippen MR) is 51.7 cm³/mol. The summed E-state index contributed by atoms with van der Waals surface area (Å²) >= 11 is 2.15. The molecule has 0 bridgehead atoms. The molecule has 0 aromatic rings. The Morgan fingerprint density at radius 2 is 2.33 bits per heavy atom. The first-order valence-electron chi connectivity index (χ1n) is 3.61. The van der Waals surface area contributed by atoms with Crippen molar-refractivity contribution in [1.29, 1.82) is 0 Å². The predicted octanol–water partition coefficient (Wildman–Crippen LogP) is 0.910. The van der Waals surface area contributed by atoms with Gasteiger partial charge in [0.2, 0.25) is 0 Å². The van der Waals surface area contributed by atoms with Crippen molar-refractivity contribution in [2.75, 3.05) is 13.2 Å². The summed E-state index contributed by atoms with van der Waals surface area (Å²) in [7, 11) is -4.27. The highest BCUT2D eigenvalue weighted by Crippen LogP contribution is 2.37. The summed E-state index contributed by atoms with van der Waals surface area (Å²) in [5.41, 5.74) is 0. The van der Waals surface area contributed by atoms with Crippen LogP contribution < -0.4 is 0 Å². The molecule has 72 valence electrons. The molecule has 0 aromatic heterocycles. The van der Waals surface area contributed by atoms with Crippen LogP contribution in [0.5, 0.6) is 0 Å². The zero-order valence-corrected chi connectivity index (χ0v) is 9.44. The lowest BCUT2D eigenvalue weighted by Gasteiger charge is -2.16. The van der Waals surface area contributed by atoms with E-state index >= 15 is 0 Å². The molecule has 7 heteroatoms. The first-order chi connectivity index (χ1) is 5.49. The number of phosphoric ester groups is 1. The average molecular weight is 307 g/mol. The molecular weight excluding hydrogens is 296 g/mol. The maximum Gasteiger partial charge on any atom is 0.469 e. The molecule has 1 rings (SSSR count). The molecule has 1 aliphatic rings. The number of halogens is 1. The molecule has 1 saturated heterocycles. The van der Waals surface area contributed by atoms with E-state index in [1.165, 1.54) is 0 Å². The molecule has 0 aliphatic carbocycles. The quantitative estimate of drug-likeness (QED) is 0.461. The van der Waals surface area contributed by atoms with E-state index in [2.05, 4.69) is 27.4 Å². The van der Waals surface area contributed by atoms with Gasteiger partial charge in [0.1, 0.15) is 0 Å². The molecule has 0 amide bonds. The Bertz CT molecular complexity index is 196. The minimum atomic E-state index is -4.27. The van der Waals surface area contributed by atoms with Crippen LogP contribution in [0.1, 0.15) is 12.8 Å². The van der Waals surface area contributed by atoms with Crippen LogP contribution in [0.2, 0.25) is 0 Å². The number of rotatable bonds is 3. The number of nitrogens with zero attached hydrogens (tertiary/aromatic N) is 1. The molecule has 0 aromatic carbocycles. The normalized spacial score (nSPS) is 26.4. The summed E-state index contributed by atoms with van der Waals surface area (Å²) in [6.45, 7) is 1.09. The molecule has 5 nitrogen and oxygen atoms in total. The van der Waals surface area contributed by atoms with E-state index < -0.39 is 7.82 Å². The van der Waals surface area contributed by atoms with Crippen LogP contribution in [0.4, 0.5) is 0 Å². The summed E-state index contributed by atoms with van der Waals surface area (Å²) in [6.07, 6.45) is 2.01. The second-order valence-electron chi connectivity index (χ2n) is 2.71. The average Bonchev–Trinajstić information content (AvgIpc) is 2.29. The first-order valence-corrected chi connectivity index (χ1v) is 6.11. The van der Waals surface area contributed by atoms with Gasteiger partial charge in [0.15, 0.2) is 0 Å². The molecule has 2 N–H and O–H groups in total. The van der Waals surface area contributed by atoms with Gasteiger partial charge in [-0.05, 0) is 12.8 Å². The second kappa shape index (κ2) is 4.34. The van der Waals surface area contributed by atoms with Crippen molar-refractivity contribution in [2.45, 2.75) is 18.9 Å². The van der Waals surface area contributed by atoms with Crippen LogP contribution in [0.3, 0.4) is 0 Å². The van der Waals surface area contributed by atoms with Gasteiger partial charge in [-0.15, -0.1) is 0 Å². The Hall–Kier alpha value is 0.800. The lowest BCUT2D eigenvalue weighted by atomic mass is 10.2. The summed E-state index contributed by atoms with van der Waals surface area (Å²) < 4.78 is 16.8. The smallest absolute Gasteiger partial charge is 0.303 e. The maximum atomic E-state index is 10.3. The van der Waals surface area contributed by atoms with Crippen LogP contribution in [0.15, 0.2) is 0 Å². The lowest BCUT2D eigenvalue weighted by Crippen LogP contribution is -2.24.